The standard InChI is InChI=1S/C22H28F3N5O2/c1-22(2,3)32-21(31)30-7-5-14(6-8-30)12-29(4)19-11-18(26-13-27-19)28-17-10-15(23)9-16(24)20(17)25/h9-11,13-14H,5-8,12H2,1-4H3,(H,26,27,28). The molecule has 10 heteroatoms. The van der Waals surface area contributed by atoms with Gasteiger partial charge in [0, 0.05) is 44.9 Å². The molecular weight excluding hydrogens is 423 g/mol. The molecule has 1 N–H and O–H groups in total. The van der Waals surface area contributed by atoms with E-state index < -0.39 is 23.1 Å². The minimum atomic E-state index is -1.28. The number of rotatable bonds is 5. The van der Waals surface area contributed by atoms with E-state index in [1.807, 2.05) is 32.7 Å². The van der Waals surface area contributed by atoms with Gasteiger partial charge in [0.05, 0.1) is 5.69 Å². The maximum atomic E-state index is 13.9. The van der Waals surface area contributed by atoms with Crippen LogP contribution >= 0.6 is 0 Å². The van der Waals surface area contributed by atoms with Gasteiger partial charge in [-0.3, -0.25) is 0 Å². The van der Waals surface area contributed by atoms with Crippen LogP contribution in [0.5, 0.6) is 0 Å². The van der Waals surface area contributed by atoms with Crippen molar-refractivity contribution in [2.75, 3.05) is 36.9 Å². The Morgan fingerprint density at radius 3 is 2.53 bits per heavy atom. The second kappa shape index (κ2) is 9.62. The van der Waals surface area contributed by atoms with Crippen LogP contribution in [0.4, 0.5) is 35.3 Å². The second-order valence-corrected chi connectivity index (χ2v) is 8.93. The van der Waals surface area contributed by atoms with Gasteiger partial charge in [-0.2, -0.15) is 0 Å². The minimum Gasteiger partial charge on any atom is -0.444 e. The highest BCUT2D eigenvalue weighted by atomic mass is 19.2. The summed E-state index contributed by atoms with van der Waals surface area (Å²) in [5.74, 6) is -2.22. The van der Waals surface area contributed by atoms with E-state index in [0.717, 1.165) is 18.9 Å². The number of carbonyl (C=O) groups is 1. The fraction of sp³-hybridized carbons (Fsp3) is 0.500. The third-order valence-electron chi connectivity index (χ3n) is 5.10. The van der Waals surface area contributed by atoms with Crippen molar-refractivity contribution in [3.63, 3.8) is 0 Å². The van der Waals surface area contributed by atoms with Crippen LogP contribution in [0, 0.1) is 23.4 Å². The van der Waals surface area contributed by atoms with Gasteiger partial charge in [0.25, 0.3) is 0 Å². The van der Waals surface area contributed by atoms with Gasteiger partial charge in [0.1, 0.15) is 29.4 Å². The van der Waals surface area contributed by atoms with Crippen LogP contribution in [0.1, 0.15) is 33.6 Å². The quantitative estimate of drug-likeness (QED) is 0.664. The SMILES string of the molecule is CN(CC1CCN(C(=O)OC(C)(C)C)CC1)c1cc(Nc2cc(F)cc(F)c2F)ncn1. The van der Waals surface area contributed by atoms with Gasteiger partial charge in [0.2, 0.25) is 0 Å². The first-order valence-corrected chi connectivity index (χ1v) is 10.4. The van der Waals surface area contributed by atoms with Gasteiger partial charge in [-0.05, 0) is 39.5 Å². The average Bonchev–Trinajstić information content (AvgIpc) is 2.71. The van der Waals surface area contributed by atoms with Crippen LogP contribution in [0.25, 0.3) is 0 Å². The molecule has 2 aromatic rings. The van der Waals surface area contributed by atoms with Crippen LogP contribution in [0.3, 0.4) is 0 Å². The number of hydrogen-bond donors (Lipinski definition) is 1. The van der Waals surface area contributed by atoms with E-state index >= 15 is 0 Å². The Morgan fingerprint density at radius 2 is 1.88 bits per heavy atom. The number of carbonyl (C=O) groups excluding carboxylic acids is 1. The summed E-state index contributed by atoms with van der Waals surface area (Å²) in [7, 11) is 1.87. The topological polar surface area (TPSA) is 70.6 Å². The fourth-order valence-electron chi connectivity index (χ4n) is 3.51. The number of anilines is 3. The predicted octanol–water partition coefficient (Wildman–Crippen LogP) is 4.72. The summed E-state index contributed by atoms with van der Waals surface area (Å²) < 4.78 is 46.2. The molecule has 7 nitrogen and oxygen atoms in total. The van der Waals surface area contributed by atoms with Gasteiger partial charge in [-0.25, -0.2) is 27.9 Å². The van der Waals surface area contributed by atoms with E-state index in [2.05, 4.69) is 15.3 Å². The molecule has 0 radical (unpaired) electrons. The highest BCUT2D eigenvalue weighted by Gasteiger charge is 2.27. The largest absolute Gasteiger partial charge is 0.444 e. The number of halogens is 3. The number of ether oxygens (including phenoxy) is 1. The molecule has 0 atom stereocenters. The predicted molar refractivity (Wildman–Crippen MR) is 115 cm³/mol. The van der Waals surface area contributed by atoms with Gasteiger partial charge >= 0.3 is 6.09 Å². The molecule has 1 amide bonds. The monoisotopic (exact) mass is 451 g/mol. The summed E-state index contributed by atoms with van der Waals surface area (Å²) in [4.78, 5) is 24.1. The molecule has 2 heterocycles. The zero-order valence-electron chi connectivity index (χ0n) is 18.7. The summed E-state index contributed by atoms with van der Waals surface area (Å²) in [6.07, 6.45) is 2.66. The molecule has 0 spiro atoms. The van der Waals surface area contributed by atoms with Crippen LogP contribution in [0.15, 0.2) is 24.5 Å². The Hall–Kier alpha value is -3.04. The molecule has 0 bridgehead atoms. The fourth-order valence-corrected chi connectivity index (χ4v) is 3.51. The molecular formula is C22H28F3N5O2. The molecule has 0 aliphatic carbocycles. The Labute approximate surface area is 185 Å². The number of nitrogens with one attached hydrogen (secondary N) is 1. The van der Waals surface area contributed by atoms with Crippen LogP contribution in [-0.4, -0.2) is 53.2 Å². The lowest BCUT2D eigenvalue weighted by Crippen LogP contribution is -2.43. The highest BCUT2D eigenvalue weighted by molar-refractivity contribution is 5.68. The molecule has 32 heavy (non-hydrogen) atoms. The lowest BCUT2D eigenvalue weighted by Gasteiger charge is -2.35. The van der Waals surface area contributed by atoms with E-state index in [1.54, 1.807) is 11.0 Å². The Kier molecular flexibility index (Phi) is 7.10. The smallest absolute Gasteiger partial charge is 0.410 e. The van der Waals surface area contributed by atoms with Crippen molar-refractivity contribution in [2.45, 2.75) is 39.2 Å². The van der Waals surface area contributed by atoms with E-state index in [1.165, 1.54) is 6.33 Å². The zero-order chi connectivity index (χ0) is 23.5. The lowest BCUT2D eigenvalue weighted by molar-refractivity contribution is 0.0186. The Balaban J connectivity index is 1.58. The number of amides is 1. The minimum absolute atomic E-state index is 0.213. The Bertz CT molecular complexity index is 959. The summed E-state index contributed by atoms with van der Waals surface area (Å²) in [6, 6.07) is 2.92. The summed E-state index contributed by atoms with van der Waals surface area (Å²) in [6.45, 7) is 7.47. The molecule has 1 fully saturated rings. The molecule has 1 aliphatic rings. The van der Waals surface area contributed by atoms with Crippen molar-refractivity contribution in [1.29, 1.82) is 0 Å². The molecule has 1 aromatic heterocycles. The molecule has 174 valence electrons. The number of likely N-dealkylation sites (tertiary alicyclic amines) is 1. The van der Waals surface area contributed by atoms with Crippen molar-refractivity contribution < 1.29 is 22.7 Å². The van der Waals surface area contributed by atoms with E-state index in [0.29, 0.717) is 37.4 Å². The number of nitrogens with zero attached hydrogens (tertiary/aromatic N) is 4. The van der Waals surface area contributed by atoms with Crippen molar-refractivity contribution in [3.05, 3.63) is 42.0 Å². The molecule has 0 saturated carbocycles. The first kappa shape index (κ1) is 23.6. The lowest BCUT2D eigenvalue weighted by atomic mass is 9.96. The summed E-state index contributed by atoms with van der Waals surface area (Å²) in [5.41, 5.74) is -0.864. The van der Waals surface area contributed by atoms with Crippen LogP contribution in [-0.2, 0) is 4.74 Å². The maximum Gasteiger partial charge on any atom is 0.410 e. The van der Waals surface area contributed by atoms with Gasteiger partial charge < -0.3 is 19.9 Å². The molecule has 0 unspecified atom stereocenters. The number of piperidine rings is 1. The third-order valence-corrected chi connectivity index (χ3v) is 5.10. The third kappa shape index (κ3) is 6.24. The van der Waals surface area contributed by atoms with Crippen LogP contribution in [0.2, 0.25) is 0 Å². The highest BCUT2D eigenvalue weighted by Crippen LogP contribution is 2.25. The number of benzene rings is 1. The number of aromatic nitrogens is 2. The summed E-state index contributed by atoms with van der Waals surface area (Å²) in [5, 5.41) is 2.60. The van der Waals surface area contributed by atoms with Gasteiger partial charge in [-0.15, -0.1) is 0 Å². The first-order valence-electron chi connectivity index (χ1n) is 10.4. The van der Waals surface area contributed by atoms with Crippen molar-refractivity contribution in [2.24, 2.45) is 5.92 Å². The van der Waals surface area contributed by atoms with Gasteiger partial charge in [-0.1, -0.05) is 0 Å². The van der Waals surface area contributed by atoms with Gasteiger partial charge in [0.15, 0.2) is 11.6 Å². The van der Waals surface area contributed by atoms with E-state index in [4.69, 9.17) is 4.74 Å². The molecule has 3 rings (SSSR count). The van der Waals surface area contributed by atoms with E-state index in [-0.39, 0.29) is 17.6 Å². The second-order valence-electron chi connectivity index (χ2n) is 8.93. The maximum absolute atomic E-state index is 13.9. The average molecular weight is 451 g/mol. The van der Waals surface area contributed by atoms with Crippen molar-refractivity contribution in [3.8, 4) is 0 Å². The molecule has 1 saturated heterocycles. The summed E-state index contributed by atoms with van der Waals surface area (Å²) >= 11 is 0. The normalized spacial score (nSPS) is 14.9. The zero-order valence-corrected chi connectivity index (χ0v) is 18.7. The van der Waals surface area contributed by atoms with Crippen LogP contribution < -0.4 is 10.2 Å². The molecule has 1 aromatic carbocycles. The Morgan fingerprint density at radius 1 is 1.19 bits per heavy atom. The molecule has 1 aliphatic heterocycles. The van der Waals surface area contributed by atoms with E-state index in [9.17, 15) is 18.0 Å². The number of hydrogen-bond acceptors (Lipinski definition) is 6. The van der Waals surface area contributed by atoms with Crippen molar-refractivity contribution in [1.82, 2.24) is 14.9 Å². The first-order chi connectivity index (χ1) is 15.0. The van der Waals surface area contributed by atoms with Crippen molar-refractivity contribution >= 4 is 23.4 Å².